The molecule has 0 amide bonds. The molecule has 2 aromatic carbocycles. The van der Waals surface area contributed by atoms with E-state index in [0.29, 0.717) is 22.9 Å². The van der Waals surface area contributed by atoms with Gasteiger partial charge in [0, 0.05) is 34.4 Å². The van der Waals surface area contributed by atoms with Crippen molar-refractivity contribution in [3.63, 3.8) is 0 Å². The lowest BCUT2D eigenvalue weighted by molar-refractivity contribution is 0.355. The zero-order valence-electron chi connectivity index (χ0n) is 18.0. The minimum absolute atomic E-state index is 0. The van der Waals surface area contributed by atoms with Crippen molar-refractivity contribution in [3.8, 4) is 11.5 Å². The van der Waals surface area contributed by atoms with Crippen LogP contribution < -0.4 is 15.4 Å². The van der Waals surface area contributed by atoms with Gasteiger partial charge >= 0.3 is 0 Å². The average Bonchev–Trinajstić information content (AvgIpc) is 2.76. The summed E-state index contributed by atoms with van der Waals surface area (Å²) in [4.78, 5) is 4.43. The van der Waals surface area contributed by atoms with Crippen LogP contribution in [0.5, 0.6) is 11.5 Å². The van der Waals surface area contributed by atoms with E-state index in [4.69, 9.17) is 16.3 Å². The number of fused-ring (bicyclic) bond motifs is 1. The molecule has 1 aromatic heterocycles. The highest BCUT2D eigenvalue weighted by molar-refractivity contribution is 6.31. The van der Waals surface area contributed by atoms with Crippen LogP contribution in [0.1, 0.15) is 31.2 Å². The first-order chi connectivity index (χ1) is 14.6. The molecule has 0 bridgehead atoms. The highest BCUT2D eigenvalue weighted by Crippen LogP contribution is 2.29. The quantitative estimate of drug-likeness (QED) is 0.373. The molecule has 174 valence electrons. The van der Waals surface area contributed by atoms with Gasteiger partial charge in [0.05, 0.1) is 12.6 Å². The molecule has 4 rings (SSSR count). The summed E-state index contributed by atoms with van der Waals surface area (Å²) >= 11 is 6.10. The van der Waals surface area contributed by atoms with Gasteiger partial charge in [0.1, 0.15) is 0 Å². The summed E-state index contributed by atoms with van der Waals surface area (Å²) in [6.07, 6.45) is 7.36. The molecule has 3 aromatic rings. The summed E-state index contributed by atoms with van der Waals surface area (Å²) < 4.78 is 5.19. The van der Waals surface area contributed by atoms with E-state index in [0.717, 1.165) is 60.8 Å². The number of aromatic nitrogens is 1. The van der Waals surface area contributed by atoms with E-state index in [1.807, 2.05) is 42.6 Å². The lowest BCUT2D eigenvalue weighted by atomic mass is 9.90. The molecular weight excluding hydrogens is 469 g/mol. The Labute approximate surface area is 206 Å². The number of phenolic OH excluding ortho intramolecular Hbond substituents is 1. The minimum atomic E-state index is 0. The standard InChI is InChI=1S/C24H28ClN3O2.2ClH/c1-30-24-14-16(2-9-23(24)29)10-12-26-18-4-6-19(7-5-18)28-21-11-13-27-22-15-17(25)3-8-20(21)22;;/h2-3,8-9,11,13-15,18-19,26,29H,4-7,10,12H2,1H3,(H,27,28);2*1H/t18-,19-;;. The van der Waals surface area contributed by atoms with Gasteiger partial charge in [0.2, 0.25) is 0 Å². The molecule has 3 N–H and O–H groups in total. The Bertz CT molecular complexity index is 1010. The van der Waals surface area contributed by atoms with Crippen molar-refractivity contribution in [3.05, 3.63) is 59.2 Å². The molecule has 0 radical (unpaired) electrons. The summed E-state index contributed by atoms with van der Waals surface area (Å²) in [6, 6.07) is 14.5. The molecule has 5 nitrogen and oxygen atoms in total. The van der Waals surface area contributed by atoms with Crippen LogP contribution in [0.25, 0.3) is 10.9 Å². The van der Waals surface area contributed by atoms with Gasteiger partial charge in [-0.1, -0.05) is 17.7 Å². The first-order valence-electron chi connectivity index (χ1n) is 10.5. The molecule has 1 aliphatic carbocycles. The van der Waals surface area contributed by atoms with Gasteiger partial charge < -0.3 is 20.5 Å². The van der Waals surface area contributed by atoms with Gasteiger partial charge in [0.15, 0.2) is 11.5 Å². The molecule has 0 spiro atoms. The van der Waals surface area contributed by atoms with Crippen LogP contribution >= 0.6 is 36.4 Å². The number of nitrogens with zero attached hydrogens (tertiary/aromatic N) is 1. The second-order valence-electron chi connectivity index (χ2n) is 7.92. The maximum Gasteiger partial charge on any atom is 0.160 e. The second kappa shape index (κ2) is 12.4. The Morgan fingerprint density at radius 1 is 1.03 bits per heavy atom. The summed E-state index contributed by atoms with van der Waals surface area (Å²) in [5.74, 6) is 0.718. The number of nitrogens with one attached hydrogen (secondary N) is 2. The van der Waals surface area contributed by atoms with Crippen molar-refractivity contribution in [2.75, 3.05) is 19.0 Å². The third kappa shape index (κ3) is 6.55. The normalized spacial score (nSPS) is 17.8. The fraction of sp³-hybridized carbons (Fsp3) is 0.375. The average molecular weight is 499 g/mol. The lowest BCUT2D eigenvalue weighted by Crippen LogP contribution is -2.37. The van der Waals surface area contributed by atoms with Gasteiger partial charge in [-0.25, -0.2) is 0 Å². The van der Waals surface area contributed by atoms with Crippen LogP contribution in [0.2, 0.25) is 5.02 Å². The molecule has 1 heterocycles. The number of ether oxygens (including phenoxy) is 1. The van der Waals surface area contributed by atoms with Crippen molar-refractivity contribution in [2.45, 2.75) is 44.2 Å². The van der Waals surface area contributed by atoms with E-state index in [1.54, 1.807) is 13.2 Å². The van der Waals surface area contributed by atoms with Crippen molar-refractivity contribution >= 4 is 53.0 Å². The lowest BCUT2D eigenvalue weighted by Gasteiger charge is -2.30. The van der Waals surface area contributed by atoms with Crippen LogP contribution in [0.3, 0.4) is 0 Å². The van der Waals surface area contributed by atoms with Gasteiger partial charge in [-0.2, -0.15) is 0 Å². The highest BCUT2D eigenvalue weighted by atomic mass is 35.5. The van der Waals surface area contributed by atoms with Gasteiger partial charge in [-0.05, 0) is 80.6 Å². The molecule has 1 fully saturated rings. The minimum Gasteiger partial charge on any atom is -0.504 e. The summed E-state index contributed by atoms with van der Waals surface area (Å²) in [6.45, 7) is 0.923. The third-order valence-electron chi connectivity index (χ3n) is 5.88. The number of pyridine rings is 1. The number of methoxy groups -OCH3 is 1. The fourth-order valence-corrected chi connectivity index (χ4v) is 4.37. The molecule has 0 unspecified atom stereocenters. The van der Waals surface area contributed by atoms with Crippen molar-refractivity contribution < 1.29 is 9.84 Å². The molecule has 0 saturated heterocycles. The van der Waals surface area contributed by atoms with Crippen LogP contribution in [0.4, 0.5) is 5.69 Å². The Kier molecular flexibility index (Phi) is 10.2. The van der Waals surface area contributed by atoms with Crippen LogP contribution in [0.15, 0.2) is 48.7 Å². The maximum atomic E-state index is 9.71. The van der Waals surface area contributed by atoms with Crippen molar-refractivity contribution in [1.82, 2.24) is 10.3 Å². The highest BCUT2D eigenvalue weighted by Gasteiger charge is 2.21. The maximum absolute atomic E-state index is 9.71. The van der Waals surface area contributed by atoms with Gasteiger partial charge in [0.25, 0.3) is 0 Å². The second-order valence-corrected chi connectivity index (χ2v) is 8.36. The van der Waals surface area contributed by atoms with Crippen LogP contribution in [-0.2, 0) is 6.42 Å². The number of anilines is 1. The number of aromatic hydroxyl groups is 1. The largest absolute Gasteiger partial charge is 0.504 e. The number of rotatable bonds is 7. The van der Waals surface area contributed by atoms with E-state index in [9.17, 15) is 5.11 Å². The predicted molar refractivity (Wildman–Crippen MR) is 137 cm³/mol. The number of hydrogen-bond acceptors (Lipinski definition) is 5. The SMILES string of the molecule is COc1cc(CCN[C@H]2CC[C@H](Nc3ccnc4cc(Cl)ccc34)CC2)ccc1O.Cl.Cl. The molecule has 32 heavy (non-hydrogen) atoms. The van der Waals surface area contributed by atoms with Crippen molar-refractivity contribution in [2.24, 2.45) is 0 Å². The van der Waals surface area contributed by atoms with E-state index in [-0.39, 0.29) is 30.6 Å². The van der Waals surface area contributed by atoms with Crippen molar-refractivity contribution in [1.29, 1.82) is 0 Å². The number of halogens is 3. The Balaban J connectivity index is 0.00000181. The molecule has 0 atom stereocenters. The number of phenols is 1. The Morgan fingerprint density at radius 3 is 2.53 bits per heavy atom. The first-order valence-corrected chi connectivity index (χ1v) is 10.9. The molecule has 1 aliphatic rings. The smallest absolute Gasteiger partial charge is 0.160 e. The first kappa shape index (κ1) is 26.3. The Hall–Kier alpha value is -1.92. The zero-order valence-corrected chi connectivity index (χ0v) is 20.4. The van der Waals surface area contributed by atoms with Crippen LogP contribution in [-0.4, -0.2) is 35.8 Å². The van der Waals surface area contributed by atoms with E-state index in [1.165, 1.54) is 0 Å². The summed E-state index contributed by atoms with van der Waals surface area (Å²) in [5.41, 5.74) is 3.22. The fourth-order valence-electron chi connectivity index (χ4n) is 4.21. The third-order valence-corrected chi connectivity index (χ3v) is 6.12. The summed E-state index contributed by atoms with van der Waals surface area (Å²) in [7, 11) is 1.58. The predicted octanol–water partition coefficient (Wildman–Crippen LogP) is 6.00. The number of benzene rings is 2. The number of hydrogen-bond donors (Lipinski definition) is 3. The molecule has 8 heteroatoms. The summed E-state index contributed by atoms with van der Waals surface area (Å²) in [5, 5.41) is 18.9. The van der Waals surface area contributed by atoms with Gasteiger partial charge in [-0.15, -0.1) is 24.8 Å². The Morgan fingerprint density at radius 2 is 1.78 bits per heavy atom. The van der Waals surface area contributed by atoms with E-state index >= 15 is 0 Å². The van der Waals surface area contributed by atoms with Crippen LogP contribution in [0, 0.1) is 0 Å². The monoisotopic (exact) mass is 497 g/mol. The topological polar surface area (TPSA) is 66.4 Å². The molecule has 0 aliphatic heterocycles. The molecular formula is C24H30Cl3N3O2. The van der Waals surface area contributed by atoms with E-state index in [2.05, 4.69) is 15.6 Å². The molecule has 1 saturated carbocycles. The van der Waals surface area contributed by atoms with Gasteiger partial charge in [-0.3, -0.25) is 4.98 Å². The van der Waals surface area contributed by atoms with E-state index < -0.39 is 0 Å². The zero-order chi connectivity index (χ0) is 20.9.